The minimum atomic E-state index is 0.516. The summed E-state index contributed by atoms with van der Waals surface area (Å²) < 4.78 is 0. The zero-order valence-electron chi connectivity index (χ0n) is 11.4. The van der Waals surface area contributed by atoms with E-state index in [1.807, 2.05) is 0 Å². The number of rotatable bonds is 3. The molecule has 98 valence electrons. The van der Waals surface area contributed by atoms with Crippen LogP contribution in [-0.2, 0) is 0 Å². The third-order valence-corrected chi connectivity index (χ3v) is 6.04. The molecule has 0 radical (unpaired) electrons. The van der Waals surface area contributed by atoms with Crippen molar-refractivity contribution in [2.75, 3.05) is 0 Å². The van der Waals surface area contributed by atoms with Crippen LogP contribution in [0.4, 0.5) is 0 Å². The third-order valence-electron chi connectivity index (χ3n) is 6.04. The van der Waals surface area contributed by atoms with E-state index in [2.05, 4.69) is 6.92 Å². The Morgan fingerprint density at radius 1 is 1.06 bits per heavy atom. The molecule has 1 heteroatoms. The maximum absolute atomic E-state index is 6.52. The highest BCUT2D eigenvalue weighted by molar-refractivity contribution is 4.92. The zero-order chi connectivity index (χ0) is 11.8. The fourth-order valence-electron chi connectivity index (χ4n) is 5.08. The summed E-state index contributed by atoms with van der Waals surface area (Å²) in [7, 11) is 0. The SMILES string of the molecule is CC1CCCC(C(N)CC2CC3CCC2C3)C1. The van der Waals surface area contributed by atoms with E-state index in [1.165, 1.54) is 51.4 Å². The van der Waals surface area contributed by atoms with Crippen LogP contribution in [-0.4, -0.2) is 6.04 Å². The van der Waals surface area contributed by atoms with Crippen molar-refractivity contribution in [3.05, 3.63) is 0 Å². The molecule has 0 aromatic rings. The topological polar surface area (TPSA) is 26.0 Å². The zero-order valence-corrected chi connectivity index (χ0v) is 11.4. The Kier molecular flexibility index (Phi) is 3.47. The van der Waals surface area contributed by atoms with Gasteiger partial charge in [0.2, 0.25) is 0 Å². The van der Waals surface area contributed by atoms with Crippen molar-refractivity contribution in [1.29, 1.82) is 0 Å². The van der Waals surface area contributed by atoms with Gasteiger partial charge >= 0.3 is 0 Å². The monoisotopic (exact) mass is 235 g/mol. The van der Waals surface area contributed by atoms with Crippen molar-refractivity contribution < 1.29 is 0 Å². The lowest BCUT2D eigenvalue weighted by molar-refractivity contribution is 0.203. The molecular weight excluding hydrogens is 206 g/mol. The van der Waals surface area contributed by atoms with Gasteiger partial charge in [-0.15, -0.1) is 0 Å². The lowest BCUT2D eigenvalue weighted by Crippen LogP contribution is -2.36. The first-order valence-electron chi connectivity index (χ1n) is 7.98. The van der Waals surface area contributed by atoms with Gasteiger partial charge in [-0.25, -0.2) is 0 Å². The molecule has 3 aliphatic carbocycles. The highest BCUT2D eigenvalue weighted by atomic mass is 14.7. The van der Waals surface area contributed by atoms with Crippen molar-refractivity contribution in [3.63, 3.8) is 0 Å². The molecule has 0 aromatic heterocycles. The normalized spacial score (nSPS) is 47.3. The largest absolute Gasteiger partial charge is 0.327 e. The molecule has 3 rings (SSSR count). The fourth-order valence-corrected chi connectivity index (χ4v) is 5.08. The van der Waals surface area contributed by atoms with E-state index in [1.54, 1.807) is 6.42 Å². The molecule has 1 nitrogen and oxygen atoms in total. The Morgan fingerprint density at radius 2 is 1.94 bits per heavy atom. The molecule has 3 fully saturated rings. The van der Waals surface area contributed by atoms with Crippen molar-refractivity contribution in [1.82, 2.24) is 0 Å². The summed E-state index contributed by atoms with van der Waals surface area (Å²) in [6, 6.07) is 0.516. The Balaban J connectivity index is 1.51. The quantitative estimate of drug-likeness (QED) is 0.787. The van der Waals surface area contributed by atoms with Gasteiger partial charge in [-0.3, -0.25) is 0 Å². The summed E-state index contributed by atoms with van der Waals surface area (Å²) in [6.07, 6.45) is 13.1. The molecule has 6 unspecified atom stereocenters. The highest BCUT2D eigenvalue weighted by Gasteiger charge is 2.40. The first-order chi connectivity index (χ1) is 8.22. The summed E-state index contributed by atoms with van der Waals surface area (Å²) in [5.74, 6) is 4.92. The van der Waals surface area contributed by atoms with Gasteiger partial charge in [0.15, 0.2) is 0 Å². The standard InChI is InChI=1S/C16H29N/c1-11-3-2-4-14(7-11)16(17)10-15-9-12-5-6-13(15)8-12/h11-16H,2-10,17H2,1H3. The highest BCUT2D eigenvalue weighted by Crippen LogP contribution is 2.50. The molecule has 0 saturated heterocycles. The summed E-state index contributed by atoms with van der Waals surface area (Å²) in [6.45, 7) is 2.41. The third kappa shape index (κ3) is 2.54. The van der Waals surface area contributed by atoms with Crippen LogP contribution in [0.2, 0.25) is 0 Å². The van der Waals surface area contributed by atoms with Crippen LogP contribution in [0.25, 0.3) is 0 Å². The molecule has 3 saturated carbocycles. The minimum absolute atomic E-state index is 0.516. The van der Waals surface area contributed by atoms with Gasteiger partial charge < -0.3 is 5.73 Å². The summed E-state index contributed by atoms with van der Waals surface area (Å²) in [4.78, 5) is 0. The van der Waals surface area contributed by atoms with Crippen molar-refractivity contribution in [3.8, 4) is 0 Å². The minimum Gasteiger partial charge on any atom is -0.327 e. The van der Waals surface area contributed by atoms with Gasteiger partial charge in [0.25, 0.3) is 0 Å². The summed E-state index contributed by atoms with van der Waals surface area (Å²) in [5.41, 5.74) is 6.52. The predicted molar refractivity (Wildman–Crippen MR) is 72.7 cm³/mol. The van der Waals surface area contributed by atoms with Crippen LogP contribution in [0.1, 0.15) is 64.7 Å². The number of fused-ring (bicyclic) bond motifs is 2. The van der Waals surface area contributed by atoms with E-state index in [-0.39, 0.29) is 0 Å². The molecule has 0 aromatic carbocycles. The number of hydrogen-bond donors (Lipinski definition) is 1. The average Bonchev–Trinajstić information content (AvgIpc) is 2.91. The van der Waals surface area contributed by atoms with E-state index in [0.717, 1.165) is 29.6 Å². The Hall–Kier alpha value is -0.0400. The second-order valence-corrected chi connectivity index (χ2v) is 7.37. The predicted octanol–water partition coefficient (Wildman–Crippen LogP) is 3.97. The van der Waals surface area contributed by atoms with Crippen LogP contribution in [0.15, 0.2) is 0 Å². The Morgan fingerprint density at radius 3 is 2.59 bits per heavy atom. The van der Waals surface area contributed by atoms with E-state index in [0.29, 0.717) is 6.04 Å². The molecular formula is C16H29N. The number of nitrogens with two attached hydrogens (primary N) is 1. The van der Waals surface area contributed by atoms with Crippen LogP contribution in [0, 0.1) is 29.6 Å². The van der Waals surface area contributed by atoms with Crippen molar-refractivity contribution >= 4 is 0 Å². The molecule has 3 aliphatic rings. The van der Waals surface area contributed by atoms with Gasteiger partial charge in [0.1, 0.15) is 0 Å². The molecule has 0 heterocycles. The van der Waals surface area contributed by atoms with E-state index < -0.39 is 0 Å². The molecule has 0 spiro atoms. The molecule has 6 atom stereocenters. The Bertz CT molecular complexity index is 262. The van der Waals surface area contributed by atoms with E-state index in [4.69, 9.17) is 5.73 Å². The molecule has 0 amide bonds. The summed E-state index contributed by atoms with van der Waals surface area (Å²) in [5, 5.41) is 0. The second kappa shape index (κ2) is 4.91. The van der Waals surface area contributed by atoms with Gasteiger partial charge in [-0.05, 0) is 68.1 Å². The van der Waals surface area contributed by atoms with Crippen LogP contribution in [0.3, 0.4) is 0 Å². The Labute approximate surface area is 107 Å². The van der Waals surface area contributed by atoms with Gasteiger partial charge in [0.05, 0.1) is 0 Å². The molecule has 17 heavy (non-hydrogen) atoms. The van der Waals surface area contributed by atoms with Gasteiger partial charge in [0, 0.05) is 6.04 Å². The van der Waals surface area contributed by atoms with Crippen LogP contribution < -0.4 is 5.73 Å². The van der Waals surface area contributed by atoms with Crippen molar-refractivity contribution in [2.45, 2.75) is 70.8 Å². The van der Waals surface area contributed by atoms with E-state index >= 15 is 0 Å². The molecule has 0 aliphatic heterocycles. The van der Waals surface area contributed by atoms with Crippen molar-refractivity contribution in [2.24, 2.45) is 35.3 Å². The number of hydrogen-bond acceptors (Lipinski definition) is 1. The lowest BCUT2D eigenvalue weighted by atomic mass is 9.74. The van der Waals surface area contributed by atoms with Gasteiger partial charge in [-0.1, -0.05) is 26.2 Å². The maximum Gasteiger partial charge on any atom is 0.00700 e. The smallest absolute Gasteiger partial charge is 0.00700 e. The lowest BCUT2D eigenvalue weighted by Gasteiger charge is -2.34. The molecule has 2 N–H and O–H groups in total. The van der Waals surface area contributed by atoms with Crippen LogP contribution >= 0.6 is 0 Å². The molecule has 2 bridgehead atoms. The first-order valence-corrected chi connectivity index (χ1v) is 7.98. The average molecular weight is 235 g/mol. The second-order valence-electron chi connectivity index (χ2n) is 7.37. The fraction of sp³-hybridized carbons (Fsp3) is 1.00. The van der Waals surface area contributed by atoms with E-state index in [9.17, 15) is 0 Å². The summed E-state index contributed by atoms with van der Waals surface area (Å²) >= 11 is 0. The van der Waals surface area contributed by atoms with Crippen LogP contribution in [0.5, 0.6) is 0 Å². The first kappa shape index (κ1) is 12.0. The van der Waals surface area contributed by atoms with Gasteiger partial charge in [-0.2, -0.15) is 0 Å². The maximum atomic E-state index is 6.52.